The summed E-state index contributed by atoms with van der Waals surface area (Å²) in [7, 11) is 7.57. The number of aromatic nitrogens is 4. The summed E-state index contributed by atoms with van der Waals surface area (Å²) in [5, 5.41) is 2.90. The lowest BCUT2D eigenvalue weighted by Gasteiger charge is -2.25. The minimum atomic E-state index is -0.318. The standard InChI is InChI=1S/C30H33N7O3/c1-6-29(38)34-25-17-22(27(40-5)19-26(25)36(4)16-15-35(2)3)18-28-32-12-11-24(33-28)30(39)21-7-9-23(10-8-21)37-14-13-31-20-37/h6-14,17,19-20H,1,15-16,18H2,2-5H3,(H,34,38). The first-order valence-electron chi connectivity index (χ1n) is 12.7. The van der Waals surface area contributed by atoms with E-state index < -0.39 is 0 Å². The summed E-state index contributed by atoms with van der Waals surface area (Å²) in [5.74, 6) is 0.554. The Morgan fingerprint density at radius 3 is 2.50 bits per heavy atom. The normalized spacial score (nSPS) is 10.8. The first kappa shape index (κ1) is 28.2. The van der Waals surface area contributed by atoms with Crippen LogP contribution in [0.25, 0.3) is 5.69 Å². The van der Waals surface area contributed by atoms with Crippen LogP contribution in [0.15, 0.2) is 80.0 Å². The van der Waals surface area contributed by atoms with Crippen LogP contribution in [0.5, 0.6) is 5.75 Å². The molecule has 1 amide bonds. The SMILES string of the molecule is C=CC(=O)Nc1cc(Cc2nccc(C(=O)c3ccc(-n4ccnc4)cc3)n2)c(OC)cc1N(C)CCN(C)C. The number of imidazole rings is 1. The van der Waals surface area contributed by atoms with Crippen molar-refractivity contribution in [1.29, 1.82) is 0 Å². The fraction of sp³-hybridized carbons (Fsp3) is 0.233. The molecule has 1 N–H and O–H groups in total. The fourth-order valence-electron chi connectivity index (χ4n) is 4.14. The Kier molecular flexibility index (Phi) is 9.03. The average molecular weight is 540 g/mol. The van der Waals surface area contributed by atoms with Gasteiger partial charge in [0.2, 0.25) is 11.7 Å². The molecule has 0 atom stereocenters. The molecule has 10 nitrogen and oxygen atoms in total. The van der Waals surface area contributed by atoms with Crippen LogP contribution in [0, 0.1) is 0 Å². The molecule has 2 aromatic carbocycles. The van der Waals surface area contributed by atoms with Crippen LogP contribution < -0.4 is 15.0 Å². The molecule has 0 unspecified atom stereocenters. The number of methoxy groups -OCH3 is 1. The van der Waals surface area contributed by atoms with Crippen molar-refractivity contribution in [2.75, 3.05) is 51.6 Å². The lowest BCUT2D eigenvalue weighted by molar-refractivity contribution is -0.111. The number of carbonyl (C=O) groups excluding carboxylic acids is 2. The highest BCUT2D eigenvalue weighted by atomic mass is 16.5. The Labute approximate surface area is 234 Å². The highest BCUT2D eigenvalue weighted by Crippen LogP contribution is 2.34. The van der Waals surface area contributed by atoms with E-state index >= 15 is 0 Å². The van der Waals surface area contributed by atoms with E-state index in [0.29, 0.717) is 34.9 Å². The van der Waals surface area contributed by atoms with Gasteiger partial charge < -0.3 is 24.4 Å². The van der Waals surface area contributed by atoms with Crippen LogP contribution in [0.1, 0.15) is 27.4 Å². The minimum Gasteiger partial charge on any atom is -0.496 e. The van der Waals surface area contributed by atoms with Crippen molar-refractivity contribution in [3.8, 4) is 11.4 Å². The van der Waals surface area contributed by atoms with E-state index in [-0.39, 0.29) is 11.7 Å². The van der Waals surface area contributed by atoms with Gasteiger partial charge in [-0.15, -0.1) is 0 Å². The van der Waals surface area contributed by atoms with Crippen LogP contribution in [-0.4, -0.2) is 77.5 Å². The maximum atomic E-state index is 13.2. The molecule has 40 heavy (non-hydrogen) atoms. The van der Waals surface area contributed by atoms with E-state index in [1.807, 2.05) is 56.2 Å². The van der Waals surface area contributed by atoms with E-state index in [4.69, 9.17) is 4.74 Å². The van der Waals surface area contributed by atoms with Crippen molar-refractivity contribution in [2.45, 2.75) is 6.42 Å². The lowest BCUT2D eigenvalue weighted by atomic mass is 10.1. The number of likely N-dealkylation sites (N-methyl/N-ethyl adjacent to an activating group) is 2. The van der Waals surface area contributed by atoms with E-state index in [1.165, 1.54) is 6.08 Å². The number of anilines is 2. The highest BCUT2D eigenvalue weighted by molar-refractivity contribution is 6.07. The van der Waals surface area contributed by atoms with Gasteiger partial charge in [0.15, 0.2) is 0 Å². The number of hydrogen-bond donors (Lipinski definition) is 1. The van der Waals surface area contributed by atoms with Crippen molar-refractivity contribution in [1.82, 2.24) is 24.4 Å². The number of ether oxygens (including phenoxy) is 1. The quantitative estimate of drug-likeness (QED) is 0.215. The molecule has 0 saturated heterocycles. The lowest BCUT2D eigenvalue weighted by Crippen LogP contribution is -2.29. The summed E-state index contributed by atoms with van der Waals surface area (Å²) >= 11 is 0. The number of hydrogen-bond acceptors (Lipinski definition) is 8. The minimum absolute atomic E-state index is 0.204. The summed E-state index contributed by atoms with van der Waals surface area (Å²) in [6.45, 7) is 5.14. The zero-order valence-corrected chi connectivity index (χ0v) is 23.2. The smallest absolute Gasteiger partial charge is 0.247 e. The molecule has 0 aliphatic heterocycles. The van der Waals surface area contributed by atoms with Crippen molar-refractivity contribution < 1.29 is 14.3 Å². The van der Waals surface area contributed by atoms with E-state index in [1.54, 1.807) is 44.0 Å². The van der Waals surface area contributed by atoms with Crippen LogP contribution in [0.2, 0.25) is 0 Å². The number of rotatable bonds is 12. The third kappa shape index (κ3) is 6.78. The van der Waals surface area contributed by atoms with E-state index in [0.717, 1.165) is 30.0 Å². The number of nitrogens with one attached hydrogen (secondary N) is 1. The monoisotopic (exact) mass is 539 g/mol. The number of amides is 1. The molecule has 0 radical (unpaired) electrons. The first-order valence-corrected chi connectivity index (χ1v) is 12.7. The highest BCUT2D eigenvalue weighted by Gasteiger charge is 2.18. The predicted octanol–water partition coefficient (Wildman–Crippen LogP) is 3.62. The fourth-order valence-corrected chi connectivity index (χ4v) is 4.14. The molecule has 4 aromatic rings. The van der Waals surface area contributed by atoms with Gasteiger partial charge in [-0.3, -0.25) is 9.59 Å². The Morgan fingerprint density at radius 1 is 1.07 bits per heavy atom. The van der Waals surface area contributed by atoms with Gasteiger partial charge >= 0.3 is 0 Å². The van der Waals surface area contributed by atoms with Crippen LogP contribution in [-0.2, 0) is 11.2 Å². The van der Waals surface area contributed by atoms with E-state index in [9.17, 15) is 9.59 Å². The topological polar surface area (TPSA) is 105 Å². The maximum absolute atomic E-state index is 13.2. The molecule has 0 bridgehead atoms. The van der Waals surface area contributed by atoms with Gasteiger partial charge in [-0.1, -0.05) is 6.58 Å². The van der Waals surface area contributed by atoms with Crippen molar-refractivity contribution in [2.24, 2.45) is 0 Å². The molecule has 0 saturated carbocycles. The second-order valence-electron chi connectivity index (χ2n) is 9.48. The molecule has 0 aliphatic carbocycles. The number of ketones is 1. The predicted molar refractivity (Wildman–Crippen MR) is 155 cm³/mol. The van der Waals surface area contributed by atoms with Gasteiger partial charge in [0.05, 0.1) is 24.8 Å². The molecule has 206 valence electrons. The molecule has 4 rings (SSSR count). The van der Waals surface area contributed by atoms with Gasteiger partial charge in [0, 0.05) is 68.0 Å². The van der Waals surface area contributed by atoms with Gasteiger partial charge in [-0.25, -0.2) is 15.0 Å². The summed E-state index contributed by atoms with van der Waals surface area (Å²) < 4.78 is 7.57. The van der Waals surface area contributed by atoms with Gasteiger partial charge in [-0.05, 0) is 56.6 Å². The Balaban J connectivity index is 1.60. The molecule has 2 aromatic heterocycles. The second-order valence-corrected chi connectivity index (χ2v) is 9.48. The van der Waals surface area contributed by atoms with E-state index in [2.05, 4.69) is 36.6 Å². The summed E-state index contributed by atoms with van der Waals surface area (Å²) in [6.07, 6.45) is 8.33. The Morgan fingerprint density at radius 2 is 1.85 bits per heavy atom. The van der Waals surface area contributed by atoms with Gasteiger partial charge in [-0.2, -0.15) is 0 Å². The summed E-state index contributed by atoms with van der Waals surface area (Å²) in [4.78, 5) is 42.6. The third-order valence-electron chi connectivity index (χ3n) is 6.35. The largest absolute Gasteiger partial charge is 0.496 e. The molecule has 0 spiro atoms. The molecular weight excluding hydrogens is 506 g/mol. The molecule has 0 fully saturated rings. The van der Waals surface area contributed by atoms with Crippen LogP contribution in [0.4, 0.5) is 11.4 Å². The van der Waals surface area contributed by atoms with Gasteiger partial charge in [0.1, 0.15) is 17.3 Å². The molecule has 10 heteroatoms. The second kappa shape index (κ2) is 12.8. The average Bonchev–Trinajstić information content (AvgIpc) is 3.51. The number of carbonyl (C=O) groups is 2. The third-order valence-corrected chi connectivity index (χ3v) is 6.35. The van der Waals surface area contributed by atoms with Crippen LogP contribution >= 0.6 is 0 Å². The molecular formula is C30H33N7O3. The molecule has 2 heterocycles. The number of benzene rings is 2. The first-order chi connectivity index (χ1) is 19.3. The summed E-state index contributed by atoms with van der Waals surface area (Å²) in [5.41, 5.74) is 3.90. The van der Waals surface area contributed by atoms with Crippen LogP contribution in [0.3, 0.4) is 0 Å². The van der Waals surface area contributed by atoms with Gasteiger partial charge in [0.25, 0.3) is 0 Å². The zero-order chi connectivity index (χ0) is 28.6. The Hall–Kier alpha value is -4.83. The maximum Gasteiger partial charge on any atom is 0.247 e. The summed E-state index contributed by atoms with van der Waals surface area (Å²) in [6, 6.07) is 12.6. The van der Waals surface area contributed by atoms with Crippen molar-refractivity contribution >= 4 is 23.1 Å². The zero-order valence-electron chi connectivity index (χ0n) is 23.2. The number of nitrogens with zero attached hydrogens (tertiary/aromatic N) is 6. The molecule has 0 aliphatic rings. The Bertz CT molecular complexity index is 1480. The van der Waals surface area contributed by atoms with Crippen molar-refractivity contribution in [3.63, 3.8) is 0 Å². The van der Waals surface area contributed by atoms with Crippen molar-refractivity contribution in [3.05, 3.63) is 103 Å².